The second kappa shape index (κ2) is 8.43. The van der Waals surface area contributed by atoms with Crippen LogP contribution in [0.15, 0.2) is 0 Å². The summed E-state index contributed by atoms with van der Waals surface area (Å²) in [5, 5.41) is 2.67. The van der Waals surface area contributed by atoms with Gasteiger partial charge in [-0.05, 0) is 19.8 Å². The summed E-state index contributed by atoms with van der Waals surface area (Å²) in [6, 6.07) is -0.465. The molecule has 102 valence electrons. The molecule has 0 aliphatic rings. The van der Waals surface area contributed by atoms with Gasteiger partial charge in [0.15, 0.2) is 0 Å². The van der Waals surface area contributed by atoms with Crippen molar-refractivity contribution in [3.63, 3.8) is 0 Å². The highest BCUT2D eigenvalue weighted by Gasteiger charge is 2.11. The molecule has 0 heterocycles. The lowest BCUT2D eigenvalue weighted by molar-refractivity contribution is -0.122. The molecule has 0 saturated heterocycles. The molecule has 0 aliphatic carbocycles. The van der Waals surface area contributed by atoms with Gasteiger partial charge in [-0.15, -0.1) is 0 Å². The number of carbonyl (C=O) groups is 1. The largest absolute Gasteiger partial charge is 0.355 e. The first-order valence-corrected chi connectivity index (χ1v) is 7.58. The second-order valence-corrected chi connectivity index (χ2v) is 5.93. The summed E-state index contributed by atoms with van der Waals surface area (Å²) < 4.78 is 24.6. The van der Waals surface area contributed by atoms with Crippen molar-refractivity contribution in [1.82, 2.24) is 10.0 Å². The maximum atomic E-state index is 11.4. The zero-order chi connectivity index (χ0) is 13.3. The Hall–Kier alpha value is -0.660. The monoisotopic (exact) mass is 265 g/mol. The van der Waals surface area contributed by atoms with E-state index in [1.165, 1.54) is 0 Å². The van der Waals surface area contributed by atoms with Gasteiger partial charge in [0, 0.05) is 13.1 Å². The van der Waals surface area contributed by atoms with Crippen LogP contribution in [0, 0.1) is 0 Å². The minimum Gasteiger partial charge on any atom is -0.355 e. The van der Waals surface area contributed by atoms with Gasteiger partial charge in [0.25, 0.3) is 0 Å². The van der Waals surface area contributed by atoms with Crippen LogP contribution in [0.2, 0.25) is 0 Å². The Labute approximate surface area is 103 Å². The van der Waals surface area contributed by atoms with E-state index in [-0.39, 0.29) is 11.7 Å². The minimum atomic E-state index is -3.13. The maximum absolute atomic E-state index is 11.4. The lowest BCUT2D eigenvalue weighted by Gasteiger charge is -2.11. The third kappa shape index (κ3) is 8.12. The highest BCUT2D eigenvalue weighted by atomic mass is 32.2. The van der Waals surface area contributed by atoms with Crippen molar-refractivity contribution in [1.29, 1.82) is 0 Å². The zero-order valence-electron chi connectivity index (χ0n) is 10.5. The summed E-state index contributed by atoms with van der Waals surface area (Å²) in [7, 11) is -3.13. The molecule has 0 aromatic heterocycles. The zero-order valence-corrected chi connectivity index (χ0v) is 11.3. The fourth-order valence-electron chi connectivity index (χ4n) is 1.20. The lowest BCUT2D eigenvalue weighted by atomic mass is 10.2. The van der Waals surface area contributed by atoms with Crippen LogP contribution in [-0.4, -0.2) is 39.2 Å². The average molecular weight is 265 g/mol. The predicted octanol–water partition coefficient (Wildman–Crippen LogP) is -0.441. The fourth-order valence-corrected chi connectivity index (χ4v) is 1.86. The average Bonchev–Trinajstić information content (AvgIpc) is 2.28. The molecule has 6 nitrogen and oxygen atoms in total. The van der Waals surface area contributed by atoms with Gasteiger partial charge in [0.05, 0.1) is 11.8 Å². The van der Waals surface area contributed by atoms with Crippen LogP contribution < -0.4 is 15.8 Å². The molecule has 0 aromatic carbocycles. The quantitative estimate of drug-likeness (QED) is 0.492. The van der Waals surface area contributed by atoms with Gasteiger partial charge in [-0.3, -0.25) is 4.79 Å². The normalized spacial score (nSPS) is 13.4. The standard InChI is InChI=1S/C10H23N3O3S/c1-3-6-9(11)10(14)12-7-5-8-13-17(15,16)4-2/h9,13H,3-8,11H2,1-2H3,(H,12,14). The number of nitrogens with two attached hydrogens (primary N) is 1. The Morgan fingerprint density at radius 1 is 1.29 bits per heavy atom. The molecule has 7 heteroatoms. The Kier molecular flexibility index (Phi) is 8.11. The molecule has 0 spiro atoms. The molecular formula is C10H23N3O3S. The highest BCUT2D eigenvalue weighted by Crippen LogP contribution is 1.92. The van der Waals surface area contributed by atoms with Crippen molar-refractivity contribution >= 4 is 15.9 Å². The van der Waals surface area contributed by atoms with Crippen LogP contribution in [0.3, 0.4) is 0 Å². The van der Waals surface area contributed by atoms with E-state index in [2.05, 4.69) is 10.0 Å². The summed E-state index contributed by atoms with van der Waals surface area (Å²) in [5.74, 6) is -0.106. The van der Waals surface area contributed by atoms with Crippen LogP contribution in [0.5, 0.6) is 0 Å². The molecule has 0 rings (SSSR count). The Morgan fingerprint density at radius 3 is 2.47 bits per heavy atom. The fraction of sp³-hybridized carbons (Fsp3) is 0.900. The van der Waals surface area contributed by atoms with Gasteiger partial charge >= 0.3 is 0 Å². The van der Waals surface area contributed by atoms with Gasteiger partial charge < -0.3 is 11.1 Å². The summed E-state index contributed by atoms with van der Waals surface area (Å²) >= 11 is 0. The number of nitrogens with one attached hydrogen (secondary N) is 2. The maximum Gasteiger partial charge on any atom is 0.236 e. The summed E-state index contributed by atoms with van der Waals surface area (Å²) in [6.07, 6.45) is 2.09. The van der Waals surface area contributed by atoms with Gasteiger partial charge in [-0.1, -0.05) is 13.3 Å². The topological polar surface area (TPSA) is 101 Å². The Balaban J connectivity index is 3.62. The van der Waals surface area contributed by atoms with Gasteiger partial charge in [-0.25, -0.2) is 13.1 Å². The van der Waals surface area contributed by atoms with Crippen molar-refractivity contribution in [2.24, 2.45) is 5.73 Å². The number of amides is 1. The van der Waals surface area contributed by atoms with Crippen molar-refractivity contribution < 1.29 is 13.2 Å². The molecule has 0 aromatic rings. The first kappa shape index (κ1) is 16.3. The smallest absolute Gasteiger partial charge is 0.236 e. The SMILES string of the molecule is CCCC(N)C(=O)NCCCNS(=O)(=O)CC. The predicted molar refractivity (Wildman–Crippen MR) is 68.0 cm³/mol. The lowest BCUT2D eigenvalue weighted by Crippen LogP contribution is -2.41. The van der Waals surface area contributed by atoms with E-state index in [4.69, 9.17) is 5.73 Å². The number of hydrogen-bond donors (Lipinski definition) is 3. The number of carbonyl (C=O) groups excluding carboxylic acids is 1. The van der Waals surface area contributed by atoms with Gasteiger partial charge in [0.2, 0.25) is 15.9 Å². The van der Waals surface area contributed by atoms with E-state index in [1.54, 1.807) is 6.92 Å². The number of hydrogen-bond acceptors (Lipinski definition) is 4. The molecule has 0 bridgehead atoms. The number of sulfonamides is 1. The van der Waals surface area contributed by atoms with Crippen LogP contribution in [-0.2, 0) is 14.8 Å². The van der Waals surface area contributed by atoms with Crippen LogP contribution in [0.4, 0.5) is 0 Å². The van der Waals surface area contributed by atoms with Crippen molar-refractivity contribution in [2.45, 2.75) is 39.2 Å². The van der Waals surface area contributed by atoms with E-state index >= 15 is 0 Å². The van der Waals surface area contributed by atoms with E-state index in [0.717, 1.165) is 6.42 Å². The van der Waals surface area contributed by atoms with E-state index in [1.807, 2.05) is 6.92 Å². The summed E-state index contributed by atoms with van der Waals surface area (Å²) in [5.41, 5.74) is 5.61. The van der Waals surface area contributed by atoms with E-state index in [9.17, 15) is 13.2 Å². The van der Waals surface area contributed by atoms with Crippen LogP contribution >= 0.6 is 0 Å². The van der Waals surface area contributed by atoms with Gasteiger partial charge in [0.1, 0.15) is 0 Å². The van der Waals surface area contributed by atoms with E-state index in [0.29, 0.717) is 25.9 Å². The Morgan fingerprint density at radius 2 is 1.94 bits per heavy atom. The summed E-state index contributed by atoms with van der Waals surface area (Å²) in [6.45, 7) is 4.31. The molecule has 17 heavy (non-hydrogen) atoms. The second-order valence-electron chi connectivity index (χ2n) is 3.84. The molecule has 4 N–H and O–H groups in total. The highest BCUT2D eigenvalue weighted by molar-refractivity contribution is 7.89. The molecule has 1 unspecified atom stereocenters. The molecule has 0 aliphatic heterocycles. The Bertz CT molecular complexity index is 317. The van der Waals surface area contributed by atoms with Crippen LogP contribution in [0.25, 0.3) is 0 Å². The molecule has 0 fully saturated rings. The van der Waals surface area contributed by atoms with Crippen molar-refractivity contribution in [3.05, 3.63) is 0 Å². The van der Waals surface area contributed by atoms with Crippen LogP contribution in [0.1, 0.15) is 33.1 Å². The third-order valence-corrected chi connectivity index (χ3v) is 3.70. The molecule has 0 radical (unpaired) electrons. The molecule has 1 atom stereocenters. The minimum absolute atomic E-state index is 0.0702. The van der Waals surface area contributed by atoms with Gasteiger partial charge in [-0.2, -0.15) is 0 Å². The molecular weight excluding hydrogens is 242 g/mol. The third-order valence-electron chi connectivity index (χ3n) is 2.29. The van der Waals surface area contributed by atoms with E-state index < -0.39 is 16.1 Å². The first-order chi connectivity index (χ1) is 7.93. The molecule has 1 amide bonds. The summed E-state index contributed by atoms with van der Waals surface area (Å²) in [4.78, 5) is 11.4. The van der Waals surface area contributed by atoms with Crippen molar-refractivity contribution in [2.75, 3.05) is 18.8 Å². The first-order valence-electron chi connectivity index (χ1n) is 5.93. The number of rotatable bonds is 9. The molecule has 0 saturated carbocycles. The van der Waals surface area contributed by atoms with Crippen molar-refractivity contribution in [3.8, 4) is 0 Å².